The van der Waals surface area contributed by atoms with Gasteiger partial charge in [-0.05, 0) is 67.4 Å². The Morgan fingerprint density at radius 3 is 2.16 bits per heavy atom. The molecule has 0 aliphatic rings. The predicted octanol–water partition coefficient (Wildman–Crippen LogP) is 5.16. The molecule has 0 atom stereocenters. The monoisotopic (exact) mass is 421 g/mol. The van der Waals surface area contributed by atoms with Gasteiger partial charge in [-0.25, -0.2) is 0 Å². The van der Waals surface area contributed by atoms with Crippen LogP contribution in [0.25, 0.3) is 0 Å². The summed E-state index contributed by atoms with van der Waals surface area (Å²) in [5.41, 5.74) is 4.13. The smallest absolute Gasteiger partial charge is 0.255 e. The third kappa shape index (κ3) is 5.28. The lowest BCUT2D eigenvalue weighted by molar-refractivity contribution is 0.102. The fraction of sp³-hybridized carbons (Fsp3) is 0.240. The largest absolute Gasteiger partial charge is 0.497 e. The molecule has 3 aromatic rings. The average Bonchev–Trinajstić information content (AvgIpc) is 2.79. The number of carbonyl (C=O) groups excluding carboxylic acids is 1. The number of amides is 1. The molecule has 1 N–H and O–H groups in total. The van der Waals surface area contributed by atoms with Crippen LogP contribution in [0.3, 0.4) is 0 Å². The Labute approximate surface area is 182 Å². The number of methoxy groups -OCH3 is 3. The Balaban J connectivity index is 1.80. The van der Waals surface area contributed by atoms with E-state index in [4.69, 9.17) is 18.9 Å². The van der Waals surface area contributed by atoms with E-state index in [2.05, 4.69) is 12.2 Å². The highest BCUT2D eigenvalue weighted by atomic mass is 16.5. The molecule has 0 unspecified atom stereocenters. The van der Waals surface area contributed by atoms with Crippen LogP contribution in [0.2, 0.25) is 0 Å². The van der Waals surface area contributed by atoms with E-state index in [1.54, 1.807) is 57.7 Å². The maximum Gasteiger partial charge on any atom is 0.255 e. The van der Waals surface area contributed by atoms with E-state index in [1.807, 2.05) is 25.1 Å². The van der Waals surface area contributed by atoms with Crippen LogP contribution in [-0.2, 0) is 6.61 Å². The molecule has 0 fully saturated rings. The van der Waals surface area contributed by atoms with E-state index in [-0.39, 0.29) is 12.5 Å². The third-order valence-electron chi connectivity index (χ3n) is 5.07. The number of benzene rings is 3. The SMILES string of the molecule is COc1ccc(OC)c(NC(=O)c2ccc(OC)c(COc3ccc(C)c(C)c3)c2)c1. The molecule has 0 bridgehead atoms. The third-order valence-corrected chi connectivity index (χ3v) is 5.07. The van der Waals surface area contributed by atoms with Crippen molar-refractivity contribution in [2.24, 2.45) is 0 Å². The van der Waals surface area contributed by atoms with Gasteiger partial charge in [0, 0.05) is 17.2 Å². The van der Waals surface area contributed by atoms with Crippen molar-refractivity contribution in [1.82, 2.24) is 0 Å². The van der Waals surface area contributed by atoms with Gasteiger partial charge in [0.1, 0.15) is 29.6 Å². The quantitative estimate of drug-likeness (QED) is 0.544. The van der Waals surface area contributed by atoms with Crippen LogP contribution in [0.5, 0.6) is 23.0 Å². The second-order valence-corrected chi connectivity index (χ2v) is 7.08. The lowest BCUT2D eigenvalue weighted by atomic mass is 10.1. The van der Waals surface area contributed by atoms with Crippen LogP contribution >= 0.6 is 0 Å². The van der Waals surface area contributed by atoms with Gasteiger partial charge in [-0.15, -0.1) is 0 Å². The van der Waals surface area contributed by atoms with Crippen molar-refractivity contribution < 1.29 is 23.7 Å². The summed E-state index contributed by atoms with van der Waals surface area (Å²) in [7, 11) is 4.71. The molecule has 6 heteroatoms. The molecule has 162 valence electrons. The maximum atomic E-state index is 12.9. The van der Waals surface area contributed by atoms with Crippen LogP contribution in [0.4, 0.5) is 5.69 Å². The Bertz CT molecular complexity index is 1080. The van der Waals surface area contributed by atoms with Crippen molar-refractivity contribution in [3.8, 4) is 23.0 Å². The summed E-state index contributed by atoms with van der Waals surface area (Å²) in [5, 5.41) is 2.88. The first-order valence-corrected chi connectivity index (χ1v) is 9.85. The predicted molar refractivity (Wildman–Crippen MR) is 121 cm³/mol. The van der Waals surface area contributed by atoms with Gasteiger partial charge >= 0.3 is 0 Å². The minimum atomic E-state index is -0.276. The van der Waals surface area contributed by atoms with Gasteiger partial charge in [-0.3, -0.25) is 4.79 Å². The molecule has 6 nitrogen and oxygen atoms in total. The molecule has 0 aliphatic carbocycles. The fourth-order valence-electron chi connectivity index (χ4n) is 3.10. The van der Waals surface area contributed by atoms with E-state index in [0.29, 0.717) is 28.5 Å². The zero-order valence-corrected chi connectivity index (χ0v) is 18.4. The number of hydrogen-bond donors (Lipinski definition) is 1. The molecule has 0 aliphatic heterocycles. The number of ether oxygens (including phenoxy) is 4. The van der Waals surface area contributed by atoms with Gasteiger partial charge in [-0.1, -0.05) is 6.07 Å². The van der Waals surface area contributed by atoms with E-state index in [0.717, 1.165) is 16.9 Å². The van der Waals surface area contributed by atoms with Gasteiger partial charge in [0.2, 0.25) is 0 Å². The number of hydrogen-bond acceptors (Lipinski definition) is 5. The van der Waals surface area contributed by atoms with E-state index in [1.165, 1.54) is 5.56 Å². The van der Waals surface area contributed by atoms with E-state index < -0.39 is 0 Å². The van der Waals surface area contributed by atoms with Gasteiger partial charge in [0.25, 0.3) is 5.91 Å². The topological polar surface area (TPSA) is 66.0 Å². The van der Waals surface area contributed by atoms with Crippen molar-refractivity contribution >= 4 is 11.6 Å². The first-order chi connectivity index (χ1) is 14.9. The van der Waals surface area contributed by atoms with Crippen LogP contribution in [-0.4, -0.2) is 27.2 Å². The molecule has 0 saturated carbocycles. The Morgan fingerprint density at radius 1 is 0.774 bits per heavy atom. The zero-order valence-electron chi connectivity index (χ0n) is 18.4. The molecule has 0 aromatic heterocycles. The Hall–Kier alpha value is -3.67. The minimum absolute atomic E-state index is 0.273. The van der Waals surface area contributed by atoms with Crippen LogP contribution in [0, 0.1) is 13.8 Å². The van der Waals surface area contributed by atoms with Gasteiger partial charge < -0.3 is 24.3 Å². The standard InChI is InChI=1S/C25H27NO5/c1-16-6-8-21(12-17(16)2)31-15-19-13-18(7-10-23(19)29-4)25(27)26-22-14-20(28-3)9-11-24(22)30-5/h6-14H,15H2,1-5H3,(H,26,27). The number of carbonyl (C=O) groups is 1. The van der Waals surface area contributed by atoms with Crippen LogP contribution < -0.4 is 24.3 Å². The molecule has 0 heterocycles. The van der Waals surface area contributed by atoms with Crippen LogP contribution in [0.1, 0.15) is 27.0 Å². The van der Waals surface area contributed by atoms with E-state index in [9.17, 15) is 4.79 Å². The molecule has 0 spiro atoms. The molecule has 0 radical (unpaired) electrons. The first kappa shape index (κ1) is 22.0. The number of aryl methyl sites for hydroxylation is 2. The molecule has 31 heavy (non-hydrogen) atoms. The summed E-state index contributed by atoms with van der Waals surface area (Å²) < 4.78 is 22.0. The lowest BCUT2D eigenvalue weighted by Crippen LogP contribution is -2.13. The second kappa shape index (κ2) is 9.89. The summed E-state index contributed by atoms with van der Waals surface area (Å²) in [6.45, 7) is 4.37. The number of nitrogens with one attached hydrogen (secondary N) is 1. The second-order valence-electron chi connectivity index (χ2n) is 7.08. The highest BCUT2D eigenvalue weighted by Gasteiger charge is 2.14. The van der Waals surface area contributed by atoms with Gasteiger partial charge in [-0.2, -0.15) is 0 Å². The summed E-state index contributed by atoms with van der Waals surface area (Å²) in [6.07, 6.45) is 0. The summed E-state index contributed by atoms with van der Waals surface area (Å²) in [6, 6.07) is 16.4. The van der Waals surface area contributed by atoms with Gasteiger partial charge in [0.15, 0.2) is 0 Å². The minimum Gasteiger partial charge on any atom is -0.497 e. The molecule has 3 aromatic carbocycles. The normalized spacial score (nSPS) is 10.4. The number of rotatable bonds is 8. The summed E-state index contributed by atoms with van der Waals surface area (Å²) in [4.78, 5) is 12.9. The van der Waals surface area contributed by atoms with Crippen molar-refractivity contribution in [3.05, 3.63) is 76.9 Å². The molecular weight excluding hydrogens is 394 g/mol. The molecule has 1 amide bonds. The van der Waals surface area contributed by atoms with Crippen LogP contribution in [0.15, 0.2) is 54.6 Å². The van der Waals surface area contributed by atoms with Crippen molar-refractivity contribution in [1.29, 1.82) is 0 Å². The van der Waals surface area contributed by atoms with Crippen molar-refractivity contribution in [2.45, 2.75) is 20.5 Å². The highest BCUT2D eigenvalue weighted by molar-refractivity contribution is 6.05. The van der Waals surface area contributed by atoms with Crippen molar-refractivity contribution in [2.75, 3.05) is 26.6 Å². The summed E-state index contributed by atoms with van der Waals surface area (Å²) >= 11 is 0. The molecule has 3 rings (SSSR count). The first-order valence-electron chi connectivity index (χ1n) is 9.85. The molecule has 0 saturated heterocycles. The summed E-state index contributed by atoms with van der Waals surface area (Å²) in [5.74, 6) is 2.30. The van der Waals surface area contributed by atoms with Crippen molar-refractivity contribution in [3.63, 3.8) is 0 Å². The average molecular weight is 421 g/mol. The van der Waals surface area contributed by atoms with E-state index >= 15 is 0 Å². The highest BCUT2D eigenvalue weighted by Crippen LogP contribution is 2.30. The lowest BCUT2D eigenvalue weighted by Gasteiger charge is -2.14. The number of anilines is 1. The zero-order chi connectivity index (χ0) is 22.4. The Kier molecular flexibility index (Phi) is 7.03. The fourth-order valence-corrected chi connectivity index (χ4v) is 3.10. The Morgan fingerprint density at radius 2 is 1.48 bits per heavy atom. The molecular formula is C25H27NO5. The van der Waals surface area contributed by atoms with Gasteiger partial charge in [0.05, 0.1) is 27.0 Å². The maximum absolute atomic E-state index is 12.9.